The molecular formula is C35H40N6O9. The van der Waals surface area contributed by atoms with Crippen LogP contribution in [0.2, 0.25) is 0 Å². The zero-order valence-electron chi connectivity index (χ0n) is 28.5. The van der Waals surface area contributed by atoms with Crippen LogP contribution < -0.4 is 30.2 Å². The van der Waals surface area contributed by atoms with Crippen molar-refractivity contribution < 1.29 is 42.3 Å². The Bertz CT molecular complexity index is 1820. The van der Waals surface area contributed by atoms with Crippen LogP contribution in [0.4, 0.5) is 0 Å². The SMILES string of the molecule is COc1ccc(C(=O)N2CCNC(=O)[C@H](Cc3ccccc3)NC(=O)c3coc(n3)[C@@H](CC(C)C)NC(=O)c3cc(on3)C2)c(OC)c1OC. The van der Waals surface area contributed by atoms with E-state index in [1.54, 1.807) is 12.1 Å². The van der Waals surface area contributed by atoms with Gasteiger partial charge in [-0.15, -0.1) is 0 Å². The molecule has 0 unspecified atom stereocenters. The minimum atomic E-state index is -0.998. The number of nitrogens with one attached hydrogen (secondary N) is 3. The Hall–Kier alpha value is -5.86. The van der Waals surface area contributed by atoms with Gasteiger partial charge in [-0.2, -0.15) is 0 Å². The highest BCUT2D eigenvalue weighted by atomic mass is 16.5. The third-order valence-corrected chi connectivity index (χ3v) is 8.01. The zero-order chi connectivity index (χ0) is 35.8. The molecule has 1 aliphatic rings. The number of carbonyl (C=O) groups is 4. The van der Waals surface area contributed by atoms with E-state index < -0.39 is 35.7 Å². The van der Waals surface area contributed by atoms with E-state index in [9.17, 15) is 19.2 Å². The van der Waals surface area contributed by atoms with E-state index in [1.165, 1.54) is 38.6 Å². The number of amides is 4. The molecule has 4 aromatic rings. The maximum Gasteiger partial charge on any atom is 0.274 e. The van der Waals surface area contributed by atoms with Gasteiger partial charge in [0.05, 0.1) is 33.4 Å². The monoisotopic (exact) mass is 688 g/mol. The molecule has 15 heteroatoms. The van der Waals surface area contributed by atoms with Gasteiger partial charge in [0.15, 0.2) is 28.6 Å². The van der Waals surface area contributed by atoms with Crippen molar-refractivity contribution in [1.29, 1.82) is 0 Å². The lowest BCUT2D eigenvalue weighted by molar-refractivity contribution is -0.123. The number of hydrogen-bond acceptors (Lipinski definition) is 11. The van der Waals surface area contributed by atoms with Crippen molar-refractivity contribution in [2.75, 3.05) is 34.4 Å². The van der Waals surface area contributed by atoms with E-state index >= 15 is 0 Å². The Balaban J connectivity index is 1.51. The van der Waals surface area contributed by atoms with Crippen molar-refractivity contribution in [3.05, 3.63) is 89.0 Å². The maximum atomic E-state index is 14.1. The fourth-order valence-corrected chi connectivity index (χ4v) is 5.58. The highest BCUT2D eigenvalue weighted by Crippen LogP contribution is 2.40. The van der Waals surface area contributed by atoms with Crippen LogP contribution in [0.5, 0.6) is 17.2 Å². The topological polar surface area (TPSA) is 187 Å². The van der Waals surface area contributed by atoms with Gasteiger partial charge in [0.25, 0.3) is 17.7 Å². The Morgan fingerprint density at radius 3 is 2.36 bits per heavy atom. The van der Waals surface area contributed by atoms with Gasteiger partial charge in [-0.1, -0.05) is 49.3 Å². The van der Waals surface area contributed by atoms with Crippen molar-refractivity contribution in [3.63, 3.8) is 0 Å². The molecule has 15 nitrogen and oxygen atoms in total. The smallest absolute Gasteiger partial charge is 0.274 e. The lowest BCUT2D eigenvalue weighted by Crippen LogP contribution is -2.49. The molecule has 0 saturated heterocycles. The van der Waals surface area contributed by atoms with E-state index in [0.717, 1.165) is 5.56 Å². The summed E-state index contributed by atoms with van der Waals surface area (Å²) < 4.78 is 27.6. The molecule has 4 bridgehead atoms. The Labute approximate surface area is 288 Å². The molecule has 1 aliphatic heterocycles. The van der Waals surface area contributed by atoms with Crippen LogP contribution in [0.3, 0.4) is 0 Å². The Morgan fingerprint density at radius 2 is 1.66 bits per heavy atom. The second-order valence-electron chi connectivity index (χ2n) is 12.0. The zero-order valence-corrected chi connectivity index (χ0v) is 28.5. The fraction of sp³-hybridized carbons (Fsp3) is 0.371. The first-order valence-electron chi connectivity index (χ1n) is 16.0. The van der Waals surface area contributed by atoms with Crippen LogP contribution in [-0.4, -0.2) is 79.1 Å². The molecule has 0 aliphatic carbocycles. The first-order valence-corrected chi connectivity index (χ1v) is 16.0. The largest absolute Gasteiger partial charge is 0.493 e. The summed E-state index contributed by atoms with van der Waals surface area (Å²) in [6.45, 7) is 3.81. The average Bonchev–Trinajstić information content (AvgIpc) is 3.80. The number of rotatable bonds is 8. The number of hydrogen-bond donors (Lipinski definition) is 3. The molecule has 50 heavy (non-hydrogen) atoms. The van der Waals surface area contributed by atoms with Crippen LogP contribution in [0.15, 0.2) is 63.7 Å². The molecule has 4 amide bonds. The molecule has 2 atom stereocenters. The van der Waals surface area contributed by atoms with Gasteiger partial charge in [-0.05, 0) is 30.0 Å². The predicted octanol–water partition coefficient (Wildman–Crippen LogP) is 3.32. The number of benzene rings is 2. The number of methoxy groups -OCH3 is 3. The molecule has 3 heterocycles. The van der Waals surface area contributed by atoms with Gasteiger partial charge >= 0.3 is 0 Å². The van der Waals surface area contributed by atoms with E-state index in [4.69, 9.17) is 23.2 Å². The number of nitrogens with zero attached hydrogens (tertiary/aromatic N) is 3. The first kappa shape index (κ1) is 35.4. The molecule has 3 N–H and O–H groups in total. The highest BCUT2D eigenvalue weighted by molar-refractivity contribution is 5.99. The molecule has 2 aromatic carbocycles. The molecule has 0 spiro atoms. The second-order valence-corrected chi connectivity index (χ2v) is 12.0. The number of ether oxygens (including phenoxy) is 3. The van der Waals surface area contributed by atoms with Crippen molar-refractivity contribution in [2.24, 2.45) is 5.92 Å². The molecule has 0 saturated carbocycles. The fourth-order valence-electron chi connectivity index (χ4n) is 5.58. The van der Waals surface area contributed by atoms with Crippen molar-refractivity contribution in [1.82, 2.24) is 31.0 Å². The standard InChI is InChI=1S/C35H40N6O9/c1-20(2)15-26-34-39-27(19-49-34)33(44)37-24(16-21-9-7-6-8-10-21)31(42)36-13-14-41(18-22-17-25(40-50-22)32(43)38-26)35(45)23-11-12-28(46-3)30(48-5)29(23)47-4/h6-12,17,19-20,24,26H,13-16,18H2,1-5H3,(H,36,42)(H,37,44)(H,38,43)/t24-,26+/m0/s1. The van der Waals surface area contributed by atoms with E-state index in [-0.39, 0.29) is 72.1 Å². The lowest BCUT2D eigenvalue weighted by Gasteiger charge is -2.24. The van der Waals surface area contributed by atoms with Crippen LogP contribution in [0.25, 0.3) is 0 Å². The molecular weight excluding hydrogens is 648 g/mol. The third-order valence-electron chi connectivity index (χ3n) is 8.01. The quantitative estimate of drug-likeness (QED) is 0.247. The summed E-state index contributed by atoms with van der Waals surface area (Å²) in [5, 5.41) is 12.4. The minimum Gasteiger partial charge on any atom is -0.493 e. The summed E-state index contributed by atoms with van der Waals surface area (Å²) in [6.07, 6.45) is 1.81. The van der Waals surface area contributed by atoms with Crippen molar-refractivity contribution in [2.45, 2.75) is 45.3 Å². The first-order chi connectivity index (χ1) is 24.1. The highest BCUT2D eigenvalue weighted by Gasteiger charge is 2.30. The normalized spacial score (nSPS) is 17.2. The maximum absolute atomic E-state index is 14.1. The van der Waals surface area contributed by atoms with Crippen LogP contribution >= 0.6 is 0 Å². The van der Waals surface area contributed by atoms with Crippen molar-refractivity contribution in [3.8, 4) is 17.2 Å². The summed E-state index contributed by atoms with van der Waals surface area (Å²) in [6, 6.07) is 12.1. The molecule has 0 fully saturated rings. The summed E-state index contributed by atoms with van der Waals surface area (Å²) in [5.74, 6) is -0.986. The summed E-state index contributed by atoms with van der Waals surface area (Å²) in [7, 11) is 4.30. The Morgan fingerprint density at radius 1 is 0.940 bits per heavy atom. The number of fused-ring (bicyclic) bond motifs is 4. The minimum absolute atomic E-state index is 0.000581. The van der Waals surface area contributed by atoms with Crippen molar-refractivity contribution >= 4 is 23.6 Å². The molecule has 0 radical (unpaired) electrons. The molecule has 2 aromatic heterocycles. The molecule has 264 valence electrons. The van der Waals surface area contributed by atoms with E-state index in [2.05, 4.69) is 26.1 Å². The average molecular weight is 689 g/mol. The van der Waals surface area contributed by atoms with Gasteiger partial charge in [0, 0.05) is 25.6 Å². The lowest BCUT2D eigenvalue weighted by atomic mass is 10.0. The van der Waals surface area contributed by atoms with Crippen LogP contribution in [-0.2, 0) is 17.8 Å². The number of oxazole rings is 1. The Kier molecular flexibility index (Phi) is 11.4. The van der Waals surface area contributed by atoms with E-state index in [1.807, 2.05) is 44.2 Å². The number of carbonyl (C=O) groups excluding carboxylic acids is 4. The van der Waals surface area contributed by atoms with Gasteiger partial charge in [0.2, 0.25) is 17.5 Å². The van der Waals surface area contributed by atoms with Crippen LogP contribution in [0, 0.1) is 5.92 Å². The van der Waals surface area contributed by atoms with Gasteiger partial charge in [0.1, 0.15) is 18.3 Å². The molecule has 5 rings (SSSR count). The predicted molar refractivity (Wildman–Crippen MR) is 178 cm³/mol. The van der Waals surface area contributed by atoms with Gasteiger partial charge < -0.3 is 44.0 Å². The van der Waals surface area contributed by atoms with E-state index in [0.29, 0.717) is 12.2 Å². The van der Waals surface area contributed by atoms with Gasteiger partial charge in [-0.25, -0.2) is 4.98 Å². The van der Waals surface area contributed by atoms with Gasteiger partial charge in [-0.3, -0.25) is 19.2 Å². The summed E-state index contributed by atoms with van der Waals surface area (Å²) in [5.41, 5.74) is 0.882. The number of aromatic nitrogens is 2. The van der Waals surface area contributed by atoms with Crippen LogP contribution in [0.1, 0.15) is 74.9 Å². The summed E-state index contributed by atoms with van der Waals surface area (Å²) in [4.78, 5) is 60.3. The second kappa shape index (κ2) is 16.0. The summed E-state index contributed by atoms with van der Waals surface area (Å²) >= 11 is 0. The third kappa shape index (κ3) is 8.22.